The van der Waals surface area contributed by atoms with Crippen molar-refractivity contribution in [2.24, 2.45) is 17.3 Å². The van der Waals surface area contributed by atoms with E-state index in [1.807, 2.05) is 20.8 Å². The maximum absolute atomic E-state index is 12.7. The molecule has 10 unspecified atom stereocenters. The number of aliphatic hydroxyl groups is 5. The quantitative estimate of drug-likeness (QED) is 0.371. The van der Waals surface area contributed by atoms with Gasteiger partial charge in [-0.05, 0) is 58.8 Å². The van der Waals surface area contributed by atoms with Gasteiger partial charge in [0.05, 0.1) is 18.3 Å². The van der Waals surface area contributed by atoms with Crippen molar-refractivity contribution in [2.75, 3.05) is 6.61 Å². The number of rotatable bonds is 4. The highest BCUT2D eigenvalue weighted by molar-refractivity contribution is 5.82. The highest BCUT2D eigenvalue weighted by Gasteiger charge is 2.70. The smallest absolute Gasteiger partial charge is 0.315 e. The molecule has 10 atom stereocenters. The lowest BCUT2D eigenvalue weighted by atomic mass is 9.52. The van der Waals surface area contributed by atoms with E-state index in [9.17, 15) is 30.3 Å². The molecule has 9 heteroatoms. The fraction of sp³-hybridized carbons (Fsp3) is 0.952. The SMILES string of the molecule is CC(C)(OC1OC(CO)C(O)C(O)C1O)C1CCC23C(=O)OC(C)(CCC2O)C3C1. The summed E-state index contributed by atoms with van der Waals surface area (Å²) in [7, 11) is 0. The van der Waals surface area contributed by atoms with Crippen molar-refractivity contribution in [1.29, 1.82) is 0 Å². The molecule has 0 spiro atoms. The molecular weight excluding hydrogens is 396 g/mol. The molecule has 2 aliphatic carbocycles. The summed E-state index contributed by atoms with van der Waals surface area (Å²) in [5.41, 5.74) is -2.26. The van der Waals surface area contributed by atoms with Gasteiger partial charge in [-0.25, -0.2) is 0 Å². The highest BCUT2D eigenvalue weighted by Crippen LogP contribution is 2.63. The fourth-order valence-corrected chi connectivity index (χ4v) is 6.25. The first-order chi connectivity index (χ1) is 14.0. The van der Waals surface area contributed by atoms with E-state index < -0.39 is 60.0 Å². The van der Waals surface area contributed by atoms with Crippen LogP contribution >= 0.6 is 0 Å². The van der Waals surface area contributed by atoms with Gasteiger partial charge in [0.1, 0.15) is 35.4 Å². The van der Waals surface area contributed by atoms with Gasteiger partial charge in [0, 0.05) is 5.92 Å². The lowest BCUT2D eigenvalue weighted by Crippen LogP contribution is -2.61. The average Bonchev–Trinajstić information content (AvgIpc) is 2.88. The van der Waals surface area contributed by atoms with Crippen molar-refractivity contribution in [3.8, 4) is 0 Å². The normalized spacial score (nSPS) is 51.4. The molecule has 2 saturated carbocycles. The number of carbonyl (C=O) groups excluding carboxylic acids is 1. The van der Waals surface area contributed by atoms with E-state index in [0.717, 1.165) is 0 Å². The zero-order valence-corrected chi connectivity index (χ0v) is 17.7. The number of esters is 1. The molecule has 5 N–H and O–H groups in total. The van der Waals surface area contributed by atoms with Crippen molar-refractivity contribution in [3.63, 3.8) is 0 Å². The first-order valence-corrected chi connectivity index (χ1v) is 10.9. The van der Waals surface area contributed by atoms with Crippen LogP contribution in [0.15, 0.2) is 0 Å². The van der Waals surface area contributed by atoms with Crippen LogP contribution in [0.25, 0.3) is 0 Å². The second kappa shape index (κ2) is 7.37. The van der Waals surface area contributed by atoms with Crippen molar-refractivity contribution in [2.45, 2.75) is 101 Å². The van der Waals surface area contributed by atoms with Crippen LogP contribution < -0.4 is 0 Å². The Morgan fingerprint density at radius 2 is 1.80 bits per heavy atom. The van der Waals surface area contributed by atoms with Gasteiger partial charge < -0.3 is 39.7 Å². The third-order valence-corrected chi connectivity index (χ3v) is 8.25. The van der Waals surface area contributed by atoms with Gasteiger partial charge in [0.25, 0.3) is 0 Å². The highest BCUT2D eigenvalue weighted by atomic mass is 16.7. The summed E-state index contributed by atoms with van der Waals surface area (Å²) >= 11 is 0. The number of ether oxygens (including phenoxy) is 3. The van der Waals surface area contributed by atoms with Gasteiger partial charge in [-0.2, -0.15) is 0 Å². The minimum absolute atomic E-state index is 0.0119. The Labute approximate surface area is 175 Å². The molecule has 2 bridgehead atoms. The summed E-state index contributed by atoms with van der Waals surface area (Å²) < 4.78 is 17.4. The van der Waals surface area contributed by atoms with E-state index in [-0.39, 0.29) is 17.8 Å². The molecule has 2 saturated heterocycles. The van der Waals surface area contributed by atoms with Crippen LogP contribution in [0, 0.1) is 17.3 Å². The molecule has 30 heavy (non-hydrogen) atoms. The summed E-state index contributed by atoms with van der Waals surface area (Å²) in [4.78, 5) is 12.7. The minimum Gasteiger partial charge on any atom is -0.459 e. The van der Waals surface area contributed by atoms with E-state index in [1.165, 1.54) is 0 Å². The molecule has 4 aliphatic rings. The molecule has 172 valence electrons. The summed E-state index contributed by atoms with van der Waals surface area (Å²) in [6.07, 6.45) is -4.45. The molecule has 0 aromatic rings. The van der Waals surface area contributed by atoms with Gasteiger partial charge in [0.2, 0.25) is 0 Å². The van der Waals surface area contributed by atoms with Crippen molar-refractivity contribution in [1.82, 2.24) is 0 Å². The number of aliphatic hydroxyl groups excluding tert-OH is 5. The van der Waals surface area contributed by atoms with E-state index in [4.69, 9.17) is 14.2 Å². The predicted octanol–water partition coefficient (Wildman–Crippen LogP) is -0.546. The Balaban J connectivity index is 1.52. The van der Waals surface area contributed by atoms with Crippen LogP contribution in [0.3, 0.4) is 0 Å². The zero-order chi connectivity index (χ0) is 22.1. The van der Waals surface area contributed by atoms with E-state index in [1.54, 1.807) is 0 Å². The topological polar surface area (TPSA) is 146 Å². The monoisotopic (exact) mass is 430 g/mol. The van der Waals surface area contributed by atoms with Crippen LogP contribution in [0.4, 0.5) is 0 Å². The summed E-state index contributed by atoms with van der Waals surface area (Å²) in [5, 5.41) is 50.5. The van der Waals surface area contributed by atoms with Crippen molar-refractivity contribution >= 4 is 5.97 Å². The second-order valence-electron chi connectivity index (χ2n) is 10.2. The Bertz CT molecular complexity index is 681. The minimum atomic E-state index is -1.50. The maximum atomic E-state index is 12.7. The molecule has 4 fully saturated rings. The van der Waals surface area contributed by atoms with Crippen molar-refractivity contribution < 1.29 is 44.5 Å². The molecule has 0 amide bonds. The molecule has 4 rings (SSSR count). The van der Waals surface area contributed by atoms with Gasteiger partial charge in [-0.15, -0.1) is 0 Å². The Morgan fingerprint density at radius 1 is 1.10 bits per heavy atom. The number of hydrogen-bond acceptors (Lipinski definition) is 9. The van der Waals surface area contributed by atoms with Crippen LogP contribution in [0.5, 0.6) is 0 Å². The largest absolute Gasteiger partial charge is 0.459 e. The molecule has 2 heterocycles. The third-order valence-electron chi connectivity index (χ3n) is 8.25. The van der Waals surface area contributed by atoms with Gasteiger partial charge in [0.15, 0.2) is 6.29 Å². The first kappa shape index (κ1) is 22.4. The lowest BCUT2D eigenvalue weighted by molar-refractivity contribution is -0.330. The number of hydrogen-bond donors (Lipinski definition) is 5. The van der Waals surface area contributed by atoms with Crippen LogP contribution in [0.1, 0.15) is 52.9 Å². The summed E-state index contributed by atoms with van der Waals surface area (Å²) in [6.45, 7) is 5.15. The molecule has 0 radical (unpaired) electrons. The maximum Gasteiger partial charge on any atom is 0.315 e. The van der Waals surface area contributed by atoms with E-state index in [0.29, 0.717) is 32.1 Å². The Morgan fingerprint density at radius 3 is 2.47 bits per heavy atom. The zero-order valence-electron chi connectivity index (χ0n) is 17.7. The fourth-order valence-electron chi connectivity index (χ4n) is 6.25. The lowest BCUT2D eigenvalue weighted by Gasteiger charge is -2.52. The molecule has 2 aliphatic heterocycles. The van der Waals surface area contributed by atoms with E-state index in [2.05, 4.69) is 0 Å². The van der Waals surface area contributed by atoms with Crippen LogP contribution in [-0.2, 0) is 19.0 Å². The van der Waals surface area contributed by atoms with E-state index >= 15 is 0 Å². The van der Waals surface area contributed by atoms with Crippen LogP contribution in [0.2, 0.25) is 0 Å². The third kappa shape index (κ3) is 3.13. The average molecular weight is 430 g/mol. The van der Waals surface area contributed by atoms with Gasteiger partial charge >= 0.3 is 5.97 Å². The van der Waals surface area contributed by atoms with Crippen molar-refractivity contribution in [3.05, 3.63) is 0 Å². The standard InChI is InChI=1S/C21H34O9/c1-19(2,29-17-16(26)15(25)14(24)11(9-22)28-17)10-4-7-21-12(8-10)20(3,30-18(21)27)6-5-13(21)23/h10-17,22-26H,4-9H2,1-3H3. The van der Waals surface area contributed by atoms with Gasteiger partial charge in [-0.1, -0.05) is 0 Å². The number of carbonyl (C=O) groups is 1. The summed E-state index contributed by atoms with van der Waals surface area (Å²) in [6, 6.07) is 0. The molecule has 0 aromatic heterocycles. The predicted molar refractivity (Wildman–Crippen MR) is 102 cm³/mol. The van der Waals surface area contributed by atoms with Gasteiger partial charge in [-0.3, -0.25) is 4.79 Å². The van der Waals surface area contributed by atoms with Crippen LogP contribution in [-0.4, -0.2) is 86.1 Å². The second-order valence-corrected chi connectivity index (χ2v) is 10.2. The molecular formula is C21H34O9. The first-order valence-electron chi connectivity index (χ1n) is 10.9. The molecule has 9 nitrogen and oxygen atoms in total. The Kier molecular flexibility index (Phi) is 5.50. The summed E-state index contributed by atoms with van der Waals surface area (Å²) in [5.74, 6) is -0.439. The molecule has 0 aromatic carbocycles. The Hall–Kier alpha value is -0.810.